The van der Waals surface area contributed by atoms with Crippen molar-refractivity contribution in [2.45, 2.75) is 11.3 Å². The Bertz CT molecular complexity index is 1140. The topological polar surface area (TPSA) is 105 Å². The van der Waals surface area contributed by atoms with Crippen LogP contribution in [0.1, 0.15) is 21.6 Å². The number of carbonyl (C=O) groups is 1. The van der Waals surface area contributed by atoms with Crippen LogP contribution in [0.4, 0.5) is 0 Å². The van der Waals surface area contributed by atoms with E-state index >= 15 is 0 Å². The largest absolute Gasteiger partial charge is 0.364 e. The van der Waals surface area contributed by atoms with Gasteiger partial charge < -0.3 is 5.73 Å². The van der Waals surface area contributed by atoms with Crippen LogP contribution in [-0.2, 0) is 15.7 Å². The number of benzene rings is 3. The van der Waals surface area contributed by atoms with Crippen LogP contribution in [0.3, 0.4) is 0 Å². The van der Waals surface area contributed by atoms with Gasteiger partial charge in [0.2, 0.25) is 0 Å². The lowest BCUT2D eigenvalue weighted by molar-refractivity contribution is -0.195. The summed E-state index contributed by atoms with van der Waals surface area (Å²) in [5.41, 5.74) is 9.71. The van der Waals surface area contributed by atoms with Crippen molar-refractivity contribution >= 4 is 28.9 Å². The Morgan fingerprint density at radius 3 is 2.45 bits per heavy atom. The lowest BCUT2D eigenvalue weighted by atomic mass is 10.0. The molecule has 0 radical (unpaired) electrons. The predicted octanol–water partition coefficient (Wildman–Crippen LogP) is 3.54. The van der Waals surface area contributed by atoms with Gasteiger partial charge in [-0.1, -0.05) is 42.5 Å². The van der Waals surface area contributed by atoms with E-state index in [0.29, 0.717) is 5.39 Å². The summed E-state index contributed by atoms with van der Waals surface area (Å²) in [6.45, 7) is 0. The van der Waals surface area contributed by atoms with Crippen LogP contribution in [0.2, 0.25) is 0 Å². The molecule has 1 amide bonds. The molecule has 0 unspecified atom stereocenters. The van der Waals surface area contributed by atoms with E-state index in [1.807, 2.05) is 60.7 Å². The molecule has 0 saturated heterocycles. The van der Waals surface area contributed by atoms with Gasteiger partial charge >= 0.3 is 0 Å². The highest BCUT2D eigenvalue weighted by molar-refractivity contribution is 7.94. The van der Waals surface area contributed by atoms with Crippen LogP contribution < -0.4 is 11.6 Å². The Labute approximate surface area is 171 Å². The van der Waals surface area contributed by atoms with E-state index < -0.39 is 5.91 Å². The van der Waals surface area contributed by atoms with Gasteiger partial charge in [0, 0.05) is 10.3 Å². The summed E-state index contributed by atoms with van der Waals surface area (Å²) in [7, 11) is 0. The van der Waals surface area contributed by atoms with Gasteiger partial charge in [-0.25, -0.2) is 4.68 Å². The fraction of sp³-hybridized carbons (Fsp3) is 0.0476. The van der Waals surface area contributed by atoms with Crippen LogP contribution in [0.5, 0.6) is 0 Å². The molecule has 4 rings (SSSR count). The minimum Gasteiger partial charge on any atom is -0.364 e. The molecule has 3 aromatic carbocycles. The Kier molecular flexibility index (Phi) is 5.59. The number of nitrogens with two attached hydrogens (primary N) is 2. The zero-order valence-electron chi connectivity index (χ0n) is 15.3. The van der Waals surface area contributed by atoms with Crippen LogP contribution in [-0.4, -0.2) is 15.7 Å². The van der Waals surface area contributed by atoms with E-state index in [0.717, 1.165) is 40.1 Å². The molecule has 146 valence electrons. The summed E-state index contributed by atoms with van der Waals surface area (Å²) in [6.07, 6.45) is 0.778. The van der Waals surface area contributed by atoms with E-state index in [-0.39, 0.29) is 5.69 Å². The summed E-state index contributed by atoms with van der Waals surface area (Å²) >= 11 is 0.991. The first-order chi connectivity index (χ1) is 14.2. The maximum atomic E-state index is 11.9. The summed E-state index contributed by atoms with van der Waals surface area (Å²) in [4.78, 5) is 16.8. The zero-order valence-corrected chi connectivity index (χ0v) is 16.1. The van der Waals surface area contributed by atoms with Crippen molar-refractivity contribution in [3.8, 4) is 5.69 Å². The maximum absolute atomic E-state index is 11.9. The number of nitrogens with zero attached hydrogens (tertiary/aromatic N) is 2. The average Bonchev–Trinajstić information content (AvgIpc) is 3.12. The van der Waals surface area contributed by atoms with Gasteiger partial charge in [0.15, 0.2) is 5.69 Å². The smallest absolute Gasteiger partial charge is 0.269 e. The van der Waals surface area contributed by atoms with E-state index in [4.69, 9.17) is 11.6 Å². The second kappa shape index (κ2) is 8.46. The molecule has 4 aromatic rings. The molecule has 0 fully saturated rings. The summed E-state index contributed by atoms with van der Waals surface area (Å²) in [6, 6.07) is 23.5. The van der Waals surface area contributed by atoms with E-state index in [1.54, 1.807) is 4.68 Å². The van der Waals surface area contributed by atoms with Crippen molar-refractivity contribution < 1.29 is 14.1 Å². The van der Waals surface area contributed by atoms with Gasteiger partial charge in [0.05, 0.1) is 23.2 Å². The second-order valence-corrected chi connectivity index (χ2v) is 7.15. The molecule has 0 aliphatic heterocycles. The second-order valence-electron chi connectivity index (χ2n) is 6.38. The molecule has 0 spiro atoms. The highest BCUT2D eigenvalue weighted by Crippen LogP contribution is 2.26. The van der Waals surface area contributed by atoms with Crippen LogP contribution in [0, 0.1) is 0 Å². The molecule has 0 atom stereocenters. The Morgan fingerprint density at radius 2 is 1.76 bits per heavy atom. The lowest BCUT2D eigenvalue weighted by Gasteiger charge is -2.07. The first-order valence-electron chi connectivity index (χ1n) is 8.81. The third-order valence-electron chi connectivity index (χ3n) is 4.48. The molecule has 0 saturated carbocycles. The number of aromatic nitrogens is 2. The molecule has 0 aliphatic carbocycles. The van der Waals surface area contributed by atoms with Crippen LogP contribution >= 0.6 is 12.0 Å². The van der Waals surface area contributed by atoms with Gasteiger partial charge in [0.25, 0.3) is 5.91 Å². The molecule has 0 aliphatic rings. The lowest BCUT2D eigenvalue weighted by Crippen LogP contribution is -2.12. The standard InChI is InChI=1S/C21H18N4O3S/c22-21(26)20-18-11-6-15(12-14-4-2-1-3-5-14)13-19(18)25(24-20)16-7-9-17(10-8-16)29-28-27-23/h1-11,13H,12,23H2,(H2,22,26). The molecule has 1 heterocycles. The Hall–Kier alpha value is -3.17. The molecule has 1 aromatic heterocycles. The van der Waals surface area contributed by atoms with Gasteiger partial charge in [-0.05, 0) is 47.9 Å². The van der Waals surface area contributed by atoms with E-state index in [2.05, 4.69) is 26.6 Å². The predicted molar refractivity (Wildman–Crippen MR) is 111 cm³/mol. The first-order valence-corrected chi connectivity index (χ1v) is 9.56. The summed E-state index contributed by atoms with van der Waals surface area (Å²) in [5.74, 6) is 4.29. The van der Waals surface area contributed by atoms with Crippen molar-refractivity contribution in [3.05, 3.63) is 89.6 Å². The molecular weight excluding hydrogens is 388 g/mol. The average molecular weight is 406 g/mol. The number of amides is 1. The number of hydrogen-bond acceptors (Lipinski definition) is 6. The van der Waals surface area contributed by atoms with Crippen molar-refractivity contribution in [2.75, 3.05) is 0 Å². The number of carbonyl (C=O) groups excluding carboxylic acids is 1. The number of rotatable bonds is 7. The summed E-state index contributed by atoms with van der Waals surface area (Å²) < 4.78 is 6.37. The fourth-order valence-corrected chi connectivity index (χ4v) is 3.55. The normalized spacial score (nSPS) is 11.1. The van der Waals surface area contributed by atoms with Gasteiger partial charge in [0.1, 0.15) is 0 Å². The number of fused-ring (bicyclic) bond motifs is 1. The minimum atomic E-state index is -0.565. The Balaban J connectivity index is 1.75. The third-order valence-corrected chi connectivity index (χ3v) is 5.09. The molecule has 29 heavy (non-hydrogen) atoms. The molecule has 0 bridgehead atoms. The van der Waals surface area contributed by atoms with Gasteiger partial charge in [-0.3, -0.25) is 4.79 Å². The van der Waals surface area contributed by atoms with Crippen molar-refractivity contribution in [3.63, 3.8) is 0 Å². The third kappa shape index (κ3) is 4.15. The number of hydrogen-bond donors (Lipinski definition) is 2. The fourth-order valence-electron chi connectivity index (χ4n) is 3.18. The quantitative estimate of drug-likeness (QED) is 0.276. The van der Waals surface area contributed by atoms with Crippen molar-refractivity contribution in [1.29, 1.82) is 0 Å². The molecule has 8 heteroatoms. The highest BCUT2D eigenvalue weighted by atomic mass is 32.2. The van der Waals surface area contributed by atoms with Crippen LogP contribution in [0.25, 0.3) is 16.6 Å². The molecule has 4 N–H and O–H groups in total. The van der Waals surface area contributed by atoms with Crippen molar-refractivity contribution in [1.82, 2.24) is 9.78 Å². The van der Waals surface area contributed by atoms with Crippen LogP contribution in [0.15, 0.2) is 77.7 Å². The van der Waals surface area contributed by atoms with E-state index in [9.17, 15) is 4.79 Å². The van der Waals surface area contributed by atoms with Gasteiger partial charge in [-0.15, -0.1) is 9.32 Å². The number of primary amides is 1. The minimum absolute atomic E-state index is 0.240. The zero-order chi connectivity index (χ0) is 20.2. The van der Waals surface area contributed by atoms with E-state index in [1.165, 1.54) is 5.56 Å². The van der Waals surface area contributed by atoms with Gasteiger partial charge in [-0.2, -0.15) is 11.0 Å². The highest BCUT2D eigenvalue weighted by Gasteiger charge is 2.16. The maximum Gasteiger partial charge on any atom is 0.269 e. The Morgan fingerprint density at radius 1 is 1.00 bits per heavy atom. The molecule has 7 nitrogen and oxygen atoms in total. The SMILES string of the molecule is NOOSc1ccc(-n2nc(C(N)=O)c3ccc(Cc4ccccc4)cc32)cc1. The molecular formula is C21H18N4O3S. The monoisotopic (exact) mass is 406 g/mol. The summed E-state index contributed by atoms with van der Waals surface area (Å²) in [5, 5.41) is 5.17. The van der Waals surface area contributed by atoms with Crippen molar-refractivity contribution in [2.24, 2.45) is 11.6 Å². The first kappa shape index (κ1) is 19.2.